The molecule has 10 nitrogen and oxygen atoms in total. The van der Waals surface area contributed by atoms with E-state index in [0.717, 1.165) is 10.2 Å². The second-order valence-corrected chi connectivity index (χ2v) is 6.39. The van der Waals surface area contributed by atoms with Crippen molar-refractivity contribution in [1.82, 2.24) is 30.3 Å². The number of ether oxygens (including phenoxy) is 1. The van der Waals surface area contributed by atoms with Crippen LogP contribution in [0.5, 0.6) is 5.88 Å². The van der Waals surface area contributed by atoms with Crippen LogP contribution in [0.4, 0.5) is 0 Å². The summed E-state index contributed by atoms with van der Waals surface area (Å²) in [5.41, 5.74) is 1.53. The van der Waals surface area contributed by atoms with Crippen molar-refractivity contribution in [3.8, 4) is 28.6 Å². The van der Waals surface area contributed by atoms with E-state index in [1.807, 2.05) is 6.07 Å². The molecule has 0 saturated carbocycles. The van der Waals surface area contributed by atoms with E-state index >= 15 is 0 Å². The molecule has 0 spiro atoms. The van der Waals surface area contributed by atoms with Crippen LogP contribution in [0, 0.1) is 0 Å². The molecular formula is C21H18N6O4. The number of nitrogens with zero attached hydrogens (tertiary/aromatic N) is 5. The lowest BCUT2D eigenvalue weighted by molar-refractivity contribution is -0.122. The van der Waals surface area contributed by atoms with Crippen LogP contribution in [0.1, 0.15) is 0 Å². The Hall–Kier alpha value is -4.34. The molecule has 0 fully saturated rings. The summed E-state index contributed by atoms with van der Waals surface area (Å²) in [5, 5.41) is 14.9. The first-order chi connectivity index (χ1) is 15.2. The molecule has 0 unspecified atom stereocenters. The van der Waals surface area contributed by atoms with E-state index in [9.17, 15) is 9.59 Å². The summed E-state index contributed by atoms with van der Waals surface area (Å²) in [4.78, 5) is 28.2. The van der Waals surface area contributed by atoms with Crippen molar-refractivity contribution < 1.29 is 13.9 Å². The molecule has 156 valence electrons. The third-order valence-corrected chi connectivity index (χ3v) is 4.21. The van der Waals surface area contributed by atoms with Gasteiger partial charge in [-0.1, -0.05) is 0 Å². The highest BCUT2D eigenvalue weighted by molar-refractivity contribution is 5.75. The number of nitrogens with one attached hydrogen (secondary N) is 1. The van der Waals surface area contributed by atoms with E-state index < -0.39 is 0 Å². The number of hydrogen-bond acceptors (Lipinski definition) is 8. The SMILES string of the molecule is O=C(Cn1nc(-c2cccnc2)ccc1=O)NCCOc1ccc(-c2ccco2)nn1. The molecule has 0 aliphatic carbocycles. The first-order valence-corrected chi connectivity index (χ1v) is 9.45. The van der Waals surface area contributed by atoms with Crippen LogP contribution in [-0.2, 0) is 11.3 Å². The molecule has 31 heavy (non-hydrogen) atoms. The monoisotopic (exact) mass is 418 g/mol. The lowest BCUT2D eigenvalue weighted by Crippen LogP contribution is -2.35. The van der Waals surface area contributed by atoms with E-state index in [-0.39, 0.29) is 31.2 Å². The van der Waals surface area contributed by atoms with E-state index in [0.29, 0.717) is 23.0 Å². The molecule has 4 heterocycles. The Balaban J connectivity index is 1.26. The number of aromatic nitrogens is 5. The van der Waals surface area contributed by atoms with Crippen molar-refractivity contribution in [2.45, 2.75) is 6.54 Å². The molecule has 4 rings (SSSR count). The van der Waals surface area contributed by atoms with Crippen LogP contribution in [-0.4, -0.2) is 44.0 Å². The number of hydrogen-bond donors (Lipinski definition) is 1. The maximum atomic E-state index is 12.2. The maximum absolute atomic E-state index is 12.2. The van der Waals surface area contributed by atoms with Crippen molar-refractivity contribution in [1.29, 1.82) is 0 Å². The molecule has 0 aromatic carbocycles. The zero-order chi connectivity index (χ0) is 21.5. The summed E-state index contributed by atoms with van der Waals surface area (Å²) in [6, 6.07) is 13.5. The number of carbonyl (C=O) groups is 1. The third-order valence-electron chi connectivity index (χ3n) is 4.21. The summed E-state index contributed by atoms with van der Waals surface area (Å²) in [5.74, 6) is 0.579. The van der Waals surface area contributed by atoms with E-state index in [2.05, 4.69) is 25.6 Å². The normalized spacial score (nSPS) is 10.6. The average Bonchev–Trinajstić information content (AvgIpc) is 3.34. The summed E-state index contributed by atoms with van der Waals surface area (Å²) >= 11 is 0. The fourth-order valence-electron chi connectivity index (χ4n) is 2.72. The van der Waals surface area contributed by atoms with Gasteiger partial charge < -0.3 is 14.5 Å². The highest BCUT2D eigenvalue weighted by Crippen LogP contribution is 2.17. The molecule has 4 aromatic heterocycles. The molecule has 1 amide bonds. The second kappa shape index (κ2) is 9.44. The molecule has 0 atom stereocenters. The van der Waals surface area contributed by atoms with Gasteiger partial charge in [-0.05, 0) is 36.4 Å². The first-order valence-electron chi connectivity index (χ1n) is 9.45. The molecule has 4 aromatic rings. The van der Waals surface area contributed by atoms with E-state index in [1.165, 1.54) is 6.07 Å². The minimum Gasteiger partial charge on any atom is -0.475 e. The van der Waals surface area contributed by atoms with Gasteiger partial charge >= 0.3 is 0 Å². The average molecular weight is 418 g/mol. The van der Waals surface area contributed by atoms with Crippen LogP contribution in [0.15, 0.2) is 76.4 Å². The van der Waals surface area contributed by atoms with Gasteiger partial charge in [-0.15, -0.1) is 10.2 Å². The van der Waals surface area contributed by atoms with Crippen molar-refractivity contribution in [2.75, 3.05) is 13.2 Å². The fraction of sp³-hybridized carbons (Fsp3) is 0.143. The number of rotatable bonds is 8. The first kappa shape index (κ1) is 20.0. The molecule has 0 aliphatic rings. The van der Waals surface area contributed by atoms with E-state index in [4.69, 9.17) is 9.15 Å². The van der Waals surface area contributed by atoms with Gasteiger partial charge in [-0.25, -0.2) is 4.68 Å². The van der Waals surface area contributed by atoms with Crippen LogP contribution >= 0.6 is 0 Å². The fourth-order valence-corrected chi connectivity index (χ4v) is 2.72. The quantitative estimate of drug-likeness (QED) is 0.427. The molecule has 0 radical (unpaired) electrons. The van der Waals surface area contributed by atoms with Crippen LogP contribution in [0.25, 0.3) is 22.7 Å². The molecule has 10 heteroatoms. The summed E-state index contributed by atoms with van der Waals surface area (Å²) < 4.78 is 11.8. The predicted molar refractivity (Wildman–Crippen MR) is 110 cm³/mol. The summed E-state index contributed by atoms with van der Waals surface area (Å²) in [6.07, 6.45) is 4.84. The van der Waals surface area contributed by atoms with Gasteiger partial charge in [0, 0.05) is 30.1 Å². The van der Waals surface area contributed by atoms with Crippen LogP contribution < -0.4 is 15.6 Å². The molecule has 0 saturated heterocycles. The molecule has 0 bridgehead atoms. The van der Waals surface area contributed by atoms with Gasteiger partial charge in [0.2, 0.25) is 11.8 Å². The smallest absolute Gasteiger partial charge is 0.267 e. The Kier molecular flexibility index (Phi) is 6.08. The Morgan fingerprint density at radius 2 is 1.97 bits per heavy atom. The Morgan fingerprint density at radius 3 is 2.71 bits per heavy atom. The minimum absolute atomic E-state index is 0.193. The highest BCUT2D eigenvalue weighted by Gasteiger charge is 2.08. The topological polar surface area (TPSA) is 125 Å². The third kappa shape index (κ3) is 5.18. The van der Waals surface area contributed by atoms with Crippen molar-refractivity contribution in [3.05, 3.63) is 77.5 Å². The van der Waals surface area contributed by atoms with Gasteiger partial charge in [0.15, 0.2) is 5.76 Å². The van der Waals surface area contributed by atoms with Crippen molar-refractivity contribution in [3.63, 3.8) is 0 Å². The lowest BCUT2D eigenvalue weighted by atomic mass is 10.2. The highest BCUT2D eigenvalue weighted by atomic mass is 16.5. The summed E-state index contributed by atoms with van der Waals surface area (Å²) in [6.45, 7) is 0.223. The van der Waals surface area contributed by atoms with E-state index in [1.54, 1.807) is 55.1 Å². The zero-order valence-corrected chi connectivity index (χ0v) is 16.3. The number of pyridine rings is 1. The number of amides is 1. The Bertz CT molecular complexity index is 1190. The second-order valence-electron chi connectivity index (χ2n) is 6.39. The van der Waals surface area contributed by atoms with Crippen molar-refractivity contribution in [2.24, 2.45) is 0 Å². The van der Waals surface area contributed by atoms with Crippen LogP contribution in [0.3, 0.4) is 0 Å². The predicted octanol–water partition coefficient (Wildman–Crippen LogP) is 1.55. The number of carbonyl (C=O) groups excluding carboxylic acids is 1. The molecule has 1 N–H and O–H groups in total. The largest absolute Gasteiger partial charge is 0.475 e. The standard InChI is InChI=1S/C21H18N6O4/c28-19(14-27-21(29)8-6-16(26-27)15-3-1-9-22-13-15)23-10-12-31-20-7-5-17(24-25-20)18-4-2-11-30-18/h1-9,11,13H,10,12,14H2,(H,23,28). The van der Waals surface area contributed by atoms with Gasteiger partial charge in [-0.3, -0.25) is 14.6 Å². The zero-order valence-electron chi connectivity index (χ0n) is 16.3. The van der Waals surface area contributed by atoms with Gasteiger partial charge in [-0.2, -0.15) is 5.10 Å². The molecular weight excluding hydrogens is 400 g/mol. The Morgan fingerprint density at radius 1 is 1.06 bits per heavy atom. The Labute approximate surface area is 176 Å². The molecule has 0 aliphatic heterocycles. The lowest BCUT2D eigenvalue weighted by Gasteiger charge is -2.09. The number of furan rings is 1. The summed E-state index contributed by atoms with van der Waals surface area (Å²) in [7, 11) is 0. The van der Waals surface area contributed by atoms with Gasteiger partial charge in [0.05, 0.1) is 18.5 Å². The van der Waals surface area contributed by atoms with Crippen molar-refractivity contribution >= 4 is 5.91 Å². The maximum Gasteiger partial charge on any atom is 0.267 e. The van der Waals surface area contributed by atoms with Gasteiger partial charge in [0.1, 0.15) is 18.8 Å². The minimum atomic E-state index is -0.369. The van der Waals surface area contributed by atoms with Crippen LogP contribution in [0.2, 0.25) is 0 Å². The van der Waals surface area contributed by atoms with Gasteiger partial charge in [0.25, 0.3) is 5.56 Å².